The topological polar surface area (TPSA) is 12.0 Å². The molecule has 19 heavy (non-hydrogen) atoms. The van der Waals surface area contributed by atoms with Crippen LogP contribution in [-0.4, -0.2) is 13.1 Å². The van der Waals surface area contributed by atoms with Gasteiger partial charge in [-0.05, 0) is 30.0 Å². The normalized spacial score (nSPS) is 10.9. The number of unbranched alkanes of at least 4 members (excludes halogenated alkanes) is 3. The van der Waals surface area contributed by atoms with Crippen molar-refractivity contribution < 1.29 is 0 Å². The number of benzene rings is 1. The molecule has 0 saturated carbocycles. The van der Waals surface area contributed by atoms with Crippen molar-refractivity contribution in [1.82, 2.24) is 5.32 Å². The average molecular weight is 259 g/mol. The Bertz CT molecular complexity index is 340. The van der Waals surface area contributed by atoms with Crippen molar-refractivity contribution >= 4 is 5.57 Å². The summed E-state index contributed by atoms with van der Waals surface area (Å²) >= 11 is 0. The van der Waals surface area contributed by atoms with Gasteiger partial charge in [-0.3, -0.25) is 0 Å². The summed E-state index contributed by atoms with van der Waals surface area (Å²) in [5.74, 6) is 0.854. The van der Waals surface area contributed by atoms with E-state index in [2.05, 4.69) is 50.0 Å². The second-order valence-electron chi connectivity index (χ2n) is 5.74. The van der Waals surface area contributed by atoms with E-state index >= 15 is 0 Å². The summed E-state index contributed by atoms with van der Waals surface area (Å²) in [6.07, 6.45) is 6.75. The van der Waals surface area contributed by atoms with Crippen molar-refractivity contribution in [2.45, 2.75) is 46.0 Å². The standard InChI is InChI=1S/C18H29N/c1-16(2)11-7-4-5-10-14-19-15-17(3)18-12-8-6-9-13-18/h6,8-9,12-13,16,19H,3-5,7,10-11,14-15H2,1-2H3. The Balaban J connectivity index is 1.98. The molecule has 0 aliphatic carbocycles. The van der Waals surface area contributed by atoms with Gasteiger partial charge in [0, 0.05) is 6.54 Å². The zero-order chi connectivity index (χ0) is 13.9. The first-order chi connectivity index (χ1) is 9.20. The van der Waals surface area contributed by atoms with Crippen LogP contribution in [0, 0.1) is 5.92 Å². The van der Waals surface area contributed by atoms with E-state index in [4.69, 9.17) is 0 Å². The fourth-order valence-corrected chi connectivity index (χ4v) is 2.17. The molecule has 0 saturated heterocycles. The summed E-state index contributed by atoms with van der Waals surface area (Å²) in [5.41, 5.74) is 2.42. The van der Waals surface area contributed by atoms with E-state index in [1.54, 1.807) is 0 Å². The molecule has 0 fully saturated rings. The van der Waals surface area contributed by atoms with E-state index in [1.807, 2.05) is 6.07 Å². The largest absolute Gasteiger partial charge is 0.313 e. The van der Waals surface area contributed by atoms with Crippen LogP contribution in [-0.2, 0) is 0 Å². The summed E-state index contributed by atoms with van der Waals surface area (Å²) < 4.78 is 0. The first-order valence-electron chi connectivity index (χ1n) is 7.64. The Hall–Kier alpha value is -1.08. The molecule has 0 bridgehead atoms. The van der Waals surface area contributed by atoms with Crippen LogP contribution in [0.5, 0.6) is 0 Å². The predicted octanol–water partition coefficient (Wildman–Crippen LogP) is 4.90. The third-order valence-corrected chi connectivity index (χ3v) is 3.41. The number of hydrogen-bond acceptors (Lipinski definition) is 1. The van der Waals surface area contributed by atoms with Gasteiger partial charge in [-0.15, -0.1) is 0 Å². The van der Waals surface area contributed by atoms with Gasteiger partial charge in [-0.2, -0.15) is 0 Å². The van der Waals surface area contributed by atoms with Crippen LogP contribution in [0.25, 0.3) is 5.57 Å². The minimum absolute atomic E-state index is 0.854. The molecule has 1 aromatic carbocycles. The first kappa shape index (κ1) is 16.0. The smallest absolute Gasteiger partial charge is 0.0205 e. The molecular weight excluding hydrogens is 230 g/mol. The van der Waals surface area contributed by atoms with Gasteiger partial charge >= 0.3 is 0 Å². The molecule has 0 atom stereocenters. The molecule has 0 aliphatic rings. The van der Waals surface area contributed by atoms with Gasteiger partial charge in [-0.1, -0.05) is 76.4 Å². The van der Waals surface area contributed by atoms with E-state index in [0.717, 1.165) is 19.0 Å². The highest BCUT2D eigenvalue weighted by atomic mass is 14.8. The number of rotatable bonds is 10. The molecule has 1 rings (SSSR count). The Kier molecular flexibility index (Phi) is 8.24. The highest BCUT2D eigenvalue weighted by Crippen LogP contribution is 2.11. The molecule has 0 radical (unpaired) electrons. The molecule has 1 heteroatoms. The zero-order valence-corrected chi connectivity index (χ0v) is 12.6. The van der Waals surface area contributed by atoms with Gasteiger partial charge < -0.3 is 5.32 Å². The summed E-state index contributed by atoms with van der Waals surface area (Å²) in [4.78, 5) is 0. The number of hydrogen-bond donors (Lipinski definition) is 1. The quantitative estimate of drug-likeness (QED) is 0.590. The first-order valence-corrected chi connectivity index (χ1v) is 7.64. The molecule has 1 nitrogen and oxygen atoms in total. The minimum Gasteiger partial charge on any atom is -0.313 e. The van der Waals surface area contributed by atoms with Crippen molar-refractivity contribution in [2.24, 2.45) is 5.92 Å². The Morgan fingerprint density at radius 1 is 1.05 bits per heavy atom. The summed E-state index contributed by atoms with van der Waals surface area (Å²) in [6, 6.07) is 10.4. The third-order valence-electron chi connectivity index (χ3n) is 3.41. The van der Waals surface area contributed by atoms with E-state index in [1.165, 1.54) is 43.2 Å². The van der Waals surface area contributed by atoms with Crippen molar-refractivity contribution in [3.63, 3.8) is 0 Å². The molecule has 0 aliphatic heterocycles. The maximum atomic E-state index is 4.13. The van der Waals surface area contributed by atoms with E-state index in [-0.39, 0.29) is 0 Å². The van der Waals surface area contributed by atoms with Crippen LogP contribution < -0.4 is 5.32 Å². The molecule has 0 aromatic heterocycles. The third kappa shape index (κ3) is 7.84. The lowest BCUT2D eigenvalue weighted by molar-refractivity contribution is 0.515. The van der Waals surface area contributed by atoms with Gasteiger partial charge in [-0.25, -0.2) is 0 Å². The Morgan fingerprint density at radius 2 is 1.74 bits per heavy atom. The maximum absolute atomic E-state index is 4.13. The van der Waals surface area contributed by atoms with Gasteiger partial charge in [0.1, 0.15) is 0 Å². The highest BCUT2D eigenvalue weighted by Gasteiger charge is 1.97. The highest BCUT2D eigenvalue weighted by molar-refractivity contribution is 5.64. The molecule has 0 amide bonds. The monoisotopic (exact) mass is 259 g/mol. The second-order valence-corrected chi connectivity index (χ2v) is 5.74. The Labute approximate surface area is 119 Å². The van der Waals surface area contributed by atoms with Crippen LogP contribution in [0.15, 0.2) is 36.9 Å². The molecule has 0 heterocycles. The van der Waals surface area contributed by atoms with E-state index in [0.29, 0.717) is 0 Å². The SMILES string of the molecule is C=C(CNCCCCCCC(C)C)c1ccccc1. The van der Waals surface area contributed by atoms with Crippen molar-refractivity contribution in [1.29, 1.82) is 0 Å². The molecule has 0 unspecified atom stereocenters. The van der Waals surface area contributed by atoms with Crippen LogP contribution >= 0.6 is 0 Å². The minimum atomic E-state index is 0.854. The molecule has 1 aromatic rings. The zero-order valence-electron chi connectivity index (χ0n) is 12.6. The van der Waals surface area contributed by atoms with Crippen LogP contribution in [0.1, 0.15) is 51.5 Å². The fraction of sp³-hybridized carbons (Fsp3) is 0.556. The molecular formula is C18H29N. The predicted molar refractivity (Wildman–Crippen MR) is 86.3 cm³/mol. The van der Waals surface area contributed by atoms with Crippen LogP contribution in [0.2, 0.25) is 0 Å². The Morgan fingerprint density at radius 3 is 2.42 bits per heavy atom. The van der Waals surface area contributed by atoms with E-state index in [9.17, 15) is 0 Å². The fourth-order valence-electron chi connectivity index (χ4n) is 2.17. The molecule has 1 N–H and O–H groups in total. The summed E-state index contributed by atoms with van der Waals surface area (Å²) in [5, 5.41) is 3.48. The van der Waals surface area contributed by atoms with Gasteiger partial charge in [0.2, 0.25) is 0 Å². The lowest BCUT2D eigenvalue weighted by Gasteiger charge is -2.08. The number of nitrogens with one attached hydrogen (secondary N) is 1. The van der Waals surface area contributed by atoms with Crippen LogP contribution in [0.4, 0.5) is 0 Å². The summed E-state index contributed by atoms with van der Waals surface area (Å²) in [7, 11) is 0. The maximum Gasteiger partial charge on any atom is 0.0205 e. The van der Waals surface area contributed by atoms with Crippen LogP contribution in [0.3, 0.4) is 0 Å². The lowest BCUT2D eigenvalue weighted by Crippen LogP contribution is -2.17. The molecule has 0 spiro atoms. The second kappa shape index (κ2) is 9.80. The lowest BCUT2D eigenvalue weighted by atomic mass is 10.0. The average Bonchev–Trinajstić information content (AvgIpc) is 2.42. The van der Waals surface area contributed by atoms with Gasteiger partial charge in [0.15, 0.2) is 0 Å². The van der Waals surface area contributed by atoms with Crippen molar-refractivity contribution in [2.75, 3.05) is 13.1 Å². The van der Waals surface area contributed by atoms with Crippen molar-refractivity contribution in [3.05, 3.63) is 42.5 Å². The summed E-state index contributed by atoms with van der Waals surface area (Å²) in [6.45, 7) is 10.7. The van der Waals surface area contributed by atoms with Gasteiger partial charge in [0.25, 0.3) is 0 Å². The van der Waals surface area contributed by atoms with Gasteiger partial charge in [0.05, 0.1) is 0 Å². The molecule has 106 valence electrons. The van der Waals surface area contributed by atoms with Crippen molar-refractivity contribution in [3.8, 4) is 0 Å². The van der Waals surface area contributed by atoms with E-state index < -0.39 is 0 Å².